The van der Waals surface area contributed by atoms with Crippen LogP contribution in [0.2, 0.25) is 0 Å². The lowest BCUT2D eigenvalue weighted by Crippen LogP contribution is -2.17. The molecule has 0 aliphatic carbocycles. The van der Waals surface area contributed by atoms with E-state index in [4.69, 9.17) is 9.84 Å². The van der Waals surface area contributed by atoms with Crippen molar-refractivity contribution in [2.24, 2.45) is 5.92 Å². The van der Waals surface area contributed by atoms with Crippen molar-refractivity contribution in [2.75, 3.05) is 13.7 Å². The minimum atomic E-state index is -0.821. The molecule has 0 saturated carbocycles. The Kier molecular flexibility index (Phi) is 3.87. The second-order valence-electron chi connectivity index (χ2n) is 4.25. The maximum atomic E-state index is 13.7. The number of rotatable bonds is 3. The summed E-state index contributed by atoms with van der Waals surface area (Å²) in [6.45, 7) is 0.408. The largest absolute Gasteiger partial charge is 0.492 e. The summed E-state index contributed by atoms with van der Waals surface area (Å²) in [6, 6.07) is 3.00. The first-order valence-corrected chi connectivity index (χ1v) is 6.31. The number of nitrogens with one attached hydrogen (secondary N) is 1. The van der Waals surface area contributed by atoms with Crippen molar-refractivity contribution in [3.8, 4) is 5.75 Å². The van der Waals surface area contributed by atoms with E-state index >= 15 is 0 Å². The molecule has 1 fully saturated rings. The standard InChI is InChI=1S/C12H13BrFNO3/c1-18-11-8(13)2-6(3-9(11)14)10-4-7(5-15-10)12(16)17/h2-3,7,10,15H,4-5H2,1H3,(H,16,17). The lowest BCUT2D eigenvalue weighted by atomic mass is 10.00. The minimum absolute atomic E-state index is 0.136. The highest BCUT2D eigenvalue weighted by molar-refractivity contribution is 9.10. The Hall–Kier alpha value is -1.14. The molecule has 4 nitrogen and oxygen atoms in total. The molecular formula is C12H13BrFNO3. The number of halogens is 2. The second kappa shape index (κ2) is 5.24. The van der Waals surface area contributed by atoms with E-state index in [0.717, 1.165) is 5.56 Å². The van der Waals surface area contributed by atoms with Gasteiger partial charge in [0, 0.05) is 12.6 Å². The van der Waals surface area contributed by atoms with Crippen LogP contribution < -0.4 is 10.1 Å². The average molecular weight is 318 g/mol. The van der Waals surface area contributed by atoms with E-state index in [-0.39, 0.29) is 11.8 Å². The van der Waals surface area contributed by atoms with E-state index in [9.17, 15) is 9.18 Å². The summed E-state index contributed by atoms with van der Waals surface area (Å²) >= 11 is 3.24. The number of hydrogen-bond acceptors (Lipinski definition) is 3. The third-order valence-electron chi connectivity index (χ3n) is 3.11. The van der Waals surface area contributed by atoms with Gasteiger partial charge in [-0.3, -0.25) is 4.79 Å². The minimum Gasteiger partial charge on any atom is -0.492 e. The van der Waals surface area contributed by atoms with Crippen molar-refractivity contribution in [3.63, 3.8) is 0 Å². The molecule has 0 radical (unpaired) electrons. The summed E-state index contributed by atoms with van der Waals surface area (Å²) in [5.74, 6) is -1.54. The summed E-state index contributed by atoms with van der Waals surface area (Å²) in [5, 5.41) is 12.0. The predicted octanol–water partition coefficient (Wildman–Crippen LogP) is 2.33. The molecule has 18 heavy (non-hydrogen) atoms. The van der Waals surface area contributed by atoms with Crippen LogP contribution in [0.3, 0.4) is 0 Å². The molecule has 1 aromatic carbocycles. The smallest absolute Gasteiger partial charge is 0.307 e. The fourth-order valence-electron chi connectivity index (χ4n) is 2.15. The van der Waals surface area contributed by atoms with E-state index in [2.05, 4.69) is 21.2 Å². The molecule has 1 saturated heterocycles. The Bertz CT molecular complexity index is 457. The molecule has 0 amide bonds. The van der Waals surface area contributed by atoms with Crippen molar-refractivity contribution >= 4 is 21.9 Å². The summed E-state index contributed by atoms with van der Waals surface area (Å²) in [7, 11) is 1.40. The number of carboxylic acids is 1. The quantitative estimate of drug-likeness (QED) is 0.898. The van der Waals surface area contributed by atoms with Crippen LogP contribution in [0.15, 0.2) is 16.6 Å². The molecular weight excluding hydrogens is 305 g/mol. The zero-order valence-corrected chi connectivity index (χ0v) is 11.3. The predicted molar refractivity (Wildman–Crippen MR) is 67.1 cm³/mol. The van der Waals surface area contributed by atoms with Crippen LogP contribution in [0.4, 0.5) is 4.39 Å². The van der Waals surface area contributed by atoms with Crippen LogP contribution in [-0.2, 0) is 4.79 Å². The van der Waals surface area contributed by atoms with Gasteiger partial charge in [-0.2, -0.15) is 0 Å². The van der Waals surface area contributed by atoms with E-state index in [0.29, 0.717) is 17.4 Å². The van der Waals surface area contributed by atoms with Crippen molar-refractivity contribution in [1.82, 2.24) is 5.32 Å². The fraction of sp³-hybridized carbons (Fsp3) is 0.417. The number of ether oxygens (including phenoxy) is 1. The molecule has 0 bridgehead atoms. The number of benzene rings is 1. The summed E-state index contributed by atoms with van der Waals surface area (Å²) in [6.07, 6.45) is 0.466. The molecule has 2 rings (SSSR count). The molecule has 1 aromatic rings. The molecule has 6 heteroatoms. The van der Waals surface area contributed by atoms with E-state index in [1.165, 1.54) is 13.2 Å². The number of aliphatic carboxylic acids is 1. The fourth-order valence-corrected chi connectivity index (χ4v) is 2.77. The van der Waals surface area contributed by atoms with Gasteiger partial charge in [0.1, 0.15) is 0 Å². The molecule has 2 atom stereocenters. The van der Waals surface area contributed by atoms with E-state index in [1.807, 2.05) is 0 Å². The highest BCUT2D eigenvalue weighted by Crippen LogP contribution is 2.34. The lowest BCUT2D eigenvalue weighted by Gasteiger charge is -2.13. The van der Waals surface area contributed by atoms with Crippen LogP contribution in [0.1, 0.15) is 18.0 Å². The zero-order chi connectivity index (χ0) is 13.3. The maximum absolute atomic E-state index is 13.7. The van der Waals surface area contributed by atoms with Crippen LogP contribution in [-0.4, -0.2) is 24.7 Å². The molecule has 2 unspecified atom stereocenters. The number of hydrogen-bond donors (Lipinski definition) is 2. The summed E-state index contributed by atoms with van der Waals surface area (Å²) in [4.78, 5) is 10.9. The first-order chi connectivity index (χ1) is 8.52. The van der Waals surface area contributed by atoms with Gasteiger partial charge in [-0.25, -0.2) is 4.39 Å². The van der Waals surface area contributed by atoms with Gasteiger partial charge >= 0.3 is 5.97 Å². The van der Waals surface area contributed by atoms with Crippen molar-refractivity contribution in [1.29, 1.82) is 0 Å². The molecule has 1 heterocycles. The van der Waals surface area contributed by atoms with Crippen LogP contribution in [0, 0.1) is 11.7 Å². The van der Waals surface area contributed by atoms with Gasteiger partial charge in [0.2, 0.25) is 0 Å². The monoisotopic (exact) mass is 317 g/mol. The molecule has 1 aliphatic rings. The first-order valence-electron chi connectivity index (χ1n) is 5.52. The Balaban J connectivity index is 2.23. The highest BCUT2D eigenvalue weighted by Gasteiger charge is 2.30. The normalized spacial score (nSPS) is 23.1. The third-order valence-corrected chi connectivity index (χ3v) is 3.70. The lowest BCUT2D eigenvalue weighted by molar-refractivity contribution is -0.141. The zero-order valence-electron chi connectivity index (χ0n) is 9.74. The molecule has 98 valence electrons. The second-order valence-corrected chi connectivity index (χ2v) is 5.10. The van der Waals surface area contributed by atoms with Gasteiger partial charge in [0.25, 0.3) is 0 Å². The Morgan fingerprint density at radius 3 is 2.83 bits per heavy atom. The van der Waals surface area contributed by atoms with Gasteiger partial charge in [0.05, 0.1) is 17.5 Å². The third kappa shape index (κ3) is 2.49. The van der Waals surface area contributed by atoms with Crippen LogP contribution in [0.5, 0.6) is 5.75 Å². The van der Waals surface area contributed by atoms with Crippen molar-refractivity contribution in [2.45, 2.75) is 12.5 Å². The highest BCUT2D eigenvalue weighted by atomic mass is 79.9. The Labute approximate surface area is 112 Å². The van der Waals surface area contributed by atoms with Gasteiger partial charge < -0.3 is 15.2 Å². The summed E-state index contributed by atoms with van der Waals surface area (Å²) < 4.78 is 19.2. The summed E-state index contributed by atoms with van der Waals surface area (Å²) in [5.41, 5.74) is 0.726. The maximum Gasteiger partial charge on any atom is 0.307 e. The Morgan fingerprint density at radius 2 is 2.33 bits per heavy atom. The molecule has 2 N–H and O–H groups in total. The SMILES string of the molecule is COc1c(F)cc(C2CC(C(=O)O)CN2)cc1Br. The number of carboxylic acid groups (broad SMARTS) is 1. The van der Waals surface area contributed by atoms with Crippen molar-refractivity contribution < 1.29 is 19.0 Å². The van der Waals surface area contributed by atoms with Gasteiger partial charge in [-0.1, -0.05) is 0 Å². The molecule has 0 aromatic heterocycles. The van der Waals surface area contributed by atoms with Crippen molar-refractivity contribution in [3.05, 3.63) is 28.0 Å². The number of carbonyl (C=O) groups is 1. The molecule has 1 aliphatic heterocycles. The molecule has 0 spiro atoms. The Morgan fingerprint density at radius 1 is 1.61 bits per heavy atom. The van der Waals surface area contributed by atoms with Gasteiger partial charge in [-0.05, 0) is 40.0 Å². The average Bonchev–Trinajstić information content (AvgIpc) is 2.77. The number of methoxy groups -OCH3 is 1. The van der Waals surface area contributed by atoms with E-state index in [1.54, 1.807) is 6.07 Å². The topological polar surface area (TPSA) is 58.6 Å². The first kappa shape index (κ1) is 13.3. The van der Waals surface area contributed by atoms with Gasteiger partial charge in [0.15, 0.2) is 11.6 Å². The van der Waals surface area contributed by atoms with E-state index < -0.39 is 17.7 Å². The van der Waals surface area contributed by atoms with Crippen LogP contribution >= 0.6 is 15.9 Å². The van der Waals surface area contributed by atoms with Crippen LogP contribution in [0.25, 0.3) is 0 Å². The van der Waals surface area contributed by atoms with Gasteiger partial charge in [-0.15, -0.1) is 0 Å².